The zero-order valence-electron chi connectivity index (χ0n) is 12.5. The maximum Gasteiger partial charge on any atom is 0.305 e. The molecule has 2 heterocycles. The van der Waals surface area contributed by atoms with E-state index in [4.69, 9.17) is 26.2 Å². The van der Waals surface area contributed by atoms with Crippen LogP contribution < -0.4 is 9.47 Å². The fourth-order valence-electron chi connectivity index (χ4n) is 2.72. The second-order valence-electron chi connectivity index (χ2n) is 5.08. The molecule has 6 nitrogen and oxygen atoms in total. The molecule has 0 saturated heterocycles. The van der Waals surface area contributed by atoms with Gasteiger partial charge in [-0.3, -0.25) is 9.59 Å². The molecule has 1 aliphatic rings. The Morgan fingerprint density at radius 1 is 1.43 bits per heavy atom. The van der Waals surface area contributed by atoms with Crippen molar-refractivity contribution in [3.8, 4) is 11.5 Å². The summed E-state index contributed by atoms with van der Waals surface area (Å²) in [5.74, 6) is -0.141. The number of carbonyl (C=O) groups is 2. The molecule has 0 bridgehead atoms. The zero-order chi connectivity index (χ0) is 16.7. The van der Waals surface area contributed by atoms with Gasteiger partial charge in [0.25, 0.3) is 5.91 Å². The van der Waals surface area contributed by atoms with Crippen LogP contribution in [-0.4, -0.2) is 42.6 Å². The van der Waals surface area contributed by atoms with E-state index in [2.05, 4.69) is 0 Å². The van der Waals surface area contributed by atoms with E-state index < -0.39 is 5.97 Å². The number of amides is 1. The second kappa shape index (κ2) is 5.90. The number of carbonyl (C=O) groups excluding carboxylic acids is 1. The van der Waals surface area contributed by atoms with E-state index in [0.717, 1.165) is 15.6 Å². The number of aliphatic carboxylic acids is 1. The van der Waals surface area contributed by atoms with Crippen LogP contribution in [0, 0.1) is 0 Å². The molecule has 3 rings (SSSR count). The summed E-state index contributed by atoms with van der Waals surface area (Å²) in [5.41, 5.74) is 0.825. The lowest BCUT2D eigenvalue weighted by molar-refractivity contribution is -0.137. The highest BCUT2D eigenvalue weighted by Crippen LogP contribution is 2.48. The summed E-state index contributed by atoms with van der Waals surface area (Å²) in [6.45, 7) is 0.540. The van der Waals surface area contributed by atoms with E-state index >= 15 is 0 Å². The highest BCUT2D eigenvalue weighted by molar-refractivity contribution is 7.21. The van der Waals surface area contributed by atoms with Crippen LogP contribution >= 0.6 is 22.9 Å². The Kier molecular flexibility index (Phi) is 4.08. The molecule has 0 fully saturated rings. The Morgan fingerprint density at radius 3 is 2.78 bits per heavy atom. The number of hydrogen-bond acceptors (Lipinski definition) is 5. The van der Waals surface area contributed by atoms with Gasteiger partial charge in [-0.2, -0.15) is 0 Å². The normalized spacial score (nSPS) is 13.5. The van der Waals surface area contributed by atoms with E-state index in [9.17, 15) is 9.59 Å². The van der Waals surface area contributed by atoms with Gasteiger partial charge >= 0.3 is 5.97 Å². The van der Waals surface area contributed by atoms with E-state index in [-0.39, 0.29) is 18.9 Å². The fraction of sp³-hybridized carbons (Fsp3) is 0.333. The summed E-state index contributed by atoms with van der Waals surface area (Å²) in [6.07, 6.45) is -0.0799. The molecule has 122 valence electrons. The Morgan fingerprint density at radius 2 is 2.17 bits per heavy atom. The molecule has 0 aliphatic carbocycles. The molecule has 8 heteroatoms. The van der Waals surface area contributed by atoms with Gasteiger partial charge in [0, 0.05) is 34.8 Å². The van der Waals surface area contributed by atoms with Crippen molar-refractivity contribution in [3.63, 3.8) is 0 Å². The van der Waals surface area contributed by atoms with Crippen LogP contribution in [0.1, 0.15) is 21.7 Å². The first-order valence-electron chi connectivity index (χ1n) is 6.84. The van der Waals surface area contributed by atoms with Crippen molar-refractivity contribution in [3.05, 3.63) is 21.5 Å². The molecule has 0 atom stereocenters. The zero-order valence-corrected chi connectivity index (χ0v) is 14.1. The number of ether oxygens (including phenoxy) is 2. The molecule has 23 heavy (non-hydrogen) atoms. The molecule has 2 aromatic rings. The SMILES string of the molecule is COc1cc2sc3c(c2c(Cl)c1OC)CN(CCC(=O)O)C3=O. The van der Waals surface area contributed by atoms with Crippen molar-refractivity contribution >= 4 is 44.9 Å². The second-order valence-corrected chi connectivity index (χ2v) is 6.51. The summed E-state index contributed by atoms with van der Waals surface area (Å²) < 4.78 is 11.4. The van der Waals surface area contributed by atoms with Crippen LogP contribution in [0.2, 0.25) is 5.02 Å². The predicted octanol–water partition coefficient (Wildman–Crippen LogP) is 3.00. The van der Waals surface area contributed by atoms with Crippen LogP contribution in [0.3, 0.4) is 0 Å². The quantitative estimate of drug-likeness (QED) is 0.892. The summed E-state index contributed by atoms with van der Waals surface area (Å²) in [7, 11) is 3.03. The molecule has 0 spiro atoms. The number of methoxy groups -OCH3 is 2. The lowest BCUT2D eigenvalue weighted by Gasteiger charge is -2.15. The number of carboxylic acid groups (broad SMARTS) is 1. The smallest absolute Gasteiger partial charge is 0.305 e. The largest absolute Gasteiger partial charge is 0.493 e. The number of halogens is 1. The predicted molar refractivity (Wildman–Crippen MR) is 86.9 cm³/mol. The van der Waals surface area contributed by atoms with Crippen molar-refractivity contribution in [1.29, 1.82) is 0 Å². The van der Waals surface area contributed by atoms with Crippen LogP contribution in [0.15, 0.2) is 6.07 Å². The maximum atomic E-state index is 12.4. The third-order valence-electron chi connectivity index (χ3n) is 3.79. The molecule has 1 N–H and O–H groups in total. The molecular formula is C15H14ClNO5S. The number of carboxylic acids is 1. The highest BCUT2D eigenvalue weighted by atomic mass is 35.5. The van der Waals surface area contributed by atoms with E-state index in [1.807, 2.05) is 0 Å². The first-order valence-corrected chi connectivity index (χ1v) is 8.04. The van der Waals surface area contributed by atoms with Gasteiger partial charge in [0.1, 0.15) is 0 Å². The fourth-order valence-corrected chi connectivity index (χ4v) is 4.38. The lowest BCUT2D eigenvalue weighted by atomic mass is 10.1. The third-order valence-corrected chi connectivity index (χ3v) is 5.32. The van der Waals surface area contributed by atoms with E-state index in [1.165, 1.54) is 30.5 Å². The number of thiophene rings is 1. The van der Waals surface area contributed by atoms with Gasteiger partial charge < -0.3 is 19.5 Å². The molecule has 1 aliphatic heterocycles. The molecule has 0 radical (unpaired) electrons. The van der Waals surface area contributed by atoms with E-state index in [0.29, 0.717) is 27.9 Å². The Labute approximate surface area is 141 Å². The van der Waals surface area contributed by atoms with Gasteiger partial charge in [0.15, 0.2) is 11.5 Å². The summed E-state index contributed by atoms with van der Waals surface area (Å²) in [5, 5.41) is 9.97. The number of fused-ring (bicyclic) bond motifs is 3. The highest BCUT2D eigenvalue weighted by Gasteiger charge is 2.33. The van der Waals surface area contributed by atoms with Crippen molar-refractivity contribution in [2.75, 3.05) is 20.8 Å². The third kappa shape index (κ3) is 2.49. The minimum absolute atomic E-state index is 0.0799. The molecule has 0 unspecified atom stereocenters. The summed E-state index contributed by atoms with van der Waals surface area (Å²) >= 11 is 7.79. The van der Waals surface area contributed by atoms with Crippen LogP contribution in [0.4, 0.5) is 0 Å². The number of benzene rings is 1. The average molecular weight is 356 g/mol. The van der Waals surface area contributed by atoms with Crippen LogP contribution in [-0.2, 0) is 11.3 Å². The van der Waals surface area contributed by atoms with Crippen molar-refractivity contribution in [2.24, 2.45) is 0 Å². The van der Waals surface area contributed by atoms with Crippen molar-refractivity contribution < 1.29 is 24.2 Å². The van der Waals surface area contributed by atoms with E-state index in [1.54, 1.807) is 6.07 Å². The molecule has 1 amide bonds. The Hall–Kier alpha value is -1.99. The molecule has 1 aromatic carbocycles. The van der Waals surface area contributed by atoms with Crippen LogP contribution in [0.5, 0.6) is 11.5 Å². The molecule has 1 aromatic heterocycles. The number of rotatable bonds is 5. The Bertz CT molecular complexity index is 816. The van der Waals surface area contributed by atoms with Crippen LogP contribution in [0.25, 0.3) is 10.1 Å². The maximum absolute atomic E-state index is 12.4. The first-order chi connectivity index (χ1) is 11.0. The van der Waals surface area contributed by atoms with Gasteiger partial charge in [-0.1, -0.05) is 11.6 Å². The lowest BCUT2D eigenvalue weighted by Crippen LogP contribution is -2.26. The average Bonchev–Trinajstić information content (AvgIpc) is 3.02. The molecule has 0 saturated carbocycles. The van der Waals surface area contributed by atoms with Gasteiger partial charge in [-0.05, 0) is 0 Å². The van der Waals surface area contributed by atoms with Gasteiger partial charge in [-0.25, -0.2) is 0 Å². The Balaban J connectivity index is 2.07. The minimum atomic E-state index is -0.928. The number of nitrogens with zero attached hydrogens (tertiary/aromatic N) is 1. The number of hydrogen-bond donors (Lipinski definition) is 1. The van der Waals surface area contributed by atoms with Gasteiger partial charge in [0.2, 0.25) is 0 Å². The monoisotopic (exact) mass is 355 g/mol. The minimum Gasteiger partial charge on any atom is -0.493 e. The first kappa shape index (κ1) is 15.9. The van der Waals surface area contributed by atoms with Gasteiger partial charge in [-0.15, -0.1) is 11.3 Å². The van der Waals surface area contributed by atoms with Crippen molar-refractivity contribution in [2.45, 2.75) is 13.0 Å². The van der Waals surface area contributed by atoms with Gasteiger partial charge in [0.05, 0.1) is 30.5 Å². The van der Waals surface area contributed by atoms with Crippen molar-refractivity contribution in [1.82, 2.24) is 4.90 Å². The molecular weight excluding hydrogens is 342 g/mol. The standard InChI is InChI=1S/C15H14ClNO5S/c1-21-8-5-9-11(12(16)13(8)22-2)7-6-17(4-3-10(18)19)15(20)14(7)23-9/h5H,3-4,6H2,1-2H3,(H,18,19). The topological polar surface area (TPSA) is 76.1 Å². The summed E-state index contributed by atoms with van der Waals surface area (Å²) in [6, 6.07) is 1.80. The summed E-state index contributed by atoms with van der Waals surface area (Å²) in [4.78, 5) is 25.3.